The van der Waals surface area contributed by atoms with Crippen LogP contribution in [0, 0.1) is 0 Å². The molecule has 0 saturated carbocycles. The highest BCUT2D eigenvalue weighted by Gasteiger charge is 2.17. The van der Waals surface area contributed by atoms with Crippen LogP contribution in [0.15, 0.2) is 176 Å². The normalized spacial score (nSPS) is 11.5. The zero-order chi connectivity index (χ0) is 30.5. The zero-order valence-corrected chi connectivity index (χ0v) is 25.9. The molecule has 0 saturated heterocycles. The van der Waals surface area contributed by atoms with Gasteiger partial charge in [0.2, 0.25) is 0 Å². The first-order chi connectivity index (χ1) is 22.8. The van der Waals surface area contributed by atoms with Gasteiger partial charge in [-0.3, -0.25) is 0 Å². The second kappa shape index (κ2) is 11.0. The van der Waals surface area contributed by atoms with Crippen LogP contribution in [0.3, 0.4) is 0 Å². The first-order valence-electron chi connectivity index (χ1n) is 15.7. The van der Waals surface area contributed by atoms with E-state index in [0.29, 0.717) is 0 Å². The lowest BCUT2D eigenvalue weighted by Crippen LogP contribution is -2.10. The minimum atomic E-state index is 1.12. The minimum absolute atomic E-state index is 1.12. The van der Waals surface area contributed by atoms with E-state index in [1.165, 1.54) is 64.0 Å². The molecule has 2 heteroatoms. The third kappa shape index (κ3) is 4.63. The van der Waals surface area contributed by atoms with Gasteiger partial charge in [0.1, 0.15) is 0 Å². The molecule has 0 fully saturated rings. The Labute approximate surface area is 272 Å². The molecule has 0 N–H and O–H groups in total. The zero-order valence-electron chi connectivity index (χ0n) is 25.1. The molecule has 1 heterocycles. The van der Waals surface area contributed by atoms with E-state index >= 15 is 0 Å². The Morgan fingerprint density at radius 3 is 1.72 bits per heavy atom. The van der Waals surface area contributed by atoms with E-state index < -0.39 is 0 Å². The number of fused-ring (bicyclic) bond motifs is 5. The van der Waals surface area contributed by atoms with Gasteiger partial charge in [0.05, 0.1) is 0 Å². The lowest BCUT2D eigenvalue weighted by atomic mass is 9.99. The average molecular weight is 604 g/mol. The van der Waals surface area contributed by atoms with Gasteiger partial charge in [0.25, 0.3) is 0 Å². The lowest BCUT2D eigenvalue weighted by Gasteiger charge is -2.27. The average Bonchev–Trinajstić information content (AvgIpc) is 3.51. The standard InChI is InChI=1S/C44H29NS/c1-3-12-32-26-35(23-22-30(32)10-1)34-14-7-16-37(28-34)45(39-25-24-31-11-2-4-13-33(31)27-39)38-17-8-15-36(29-38)40-19-9-20-42-41-18-5-6-21-43(41)46-44(40)42/h1-29H. The molecule has 1 nitrogen and oxygen atoms in total. The van der Waals surface area contributed by atoms with Gasteiger partial charge in [-0.1, -0.05) is 127 Å². The van der Waals surface area contributed by atoms with Gasteiger partial charge >= 0.3 is 0 Å². The van der Waals surface area contributed by atoms with E-state index in [4.69, 9.17) is 0 Å². The molecule has 9 rings (SSSR count). The van der Waals surface area contributed by atoms with Crippen molar-refractivity contribution < 1.29 is 0 Å². The van der Waals surface area contributed by atoms with E-state index in [1.807, 2.05) is 11.3 Å². The van der Waals surface area contributed by atoms with Crippen molar-refractivity contribution in [1.82, 2.24) is 0 Å². The first-order valence-corrected chi connectivity index (χ1v) is 16.5. The molecule has 9 aromatic rings. The van der Waals surface area contributed by atoms with Crippen LogP contribution in [0.2, 0.25) is 0 Å². The molecule has 0 unspecified atom stereocenters. The third-order valence-corrected chi connectivity index (χ3v) is 10.2. The fraction of sp³-hybridized carbons (Fsp3) is 0. The second-order valence-electron chi connectivity index (χ2n) is 11.8. The lowest BCUT2D eigenvalue weighted by molar-refractivity contribution is 1.29. The number of hydrogen-bond acceptors (Lipinski definition) is 2. The molecule has 1 aromatic heterocycles. The van der Waals surface area contributed by atoms with Crippen molar-refractivity contribution in [3.05, 3.63) is 176 Å². The maximum atomic E-state index is 2.39. The highest BCUT2D eigenvalue weighted by molar-refractivity contribution is 7.26. The van der Waals surface area contributed by atoms with Gasteiger partial charge in [-0.15, -0.1) is 11.3 Å². The molecule has 0 spiro atoms. The second-order valence-corrected chi connectivity index (χ2v) is 12.9. The summed E-state index contributed by atoms with van der Waals surface area (Å²) in [5, 5.41) is 7.61. The molecule has 0 amide bonds. The van der Waals surface area contributed by atoms with Crippen molar-refractivity contribution in [2.24, 2.45) is 0 Å². The Morgan fingerprint density at radius 2 is 0.913 bits per heavy atom. The predicted molar refractivity (Wildman–Crippen MR) is 200 cm³/mol. The number of nitrogens with zero attached hydrogens (tertiary/aromatic N) is 1. The van der Waals surface area contributed by atoms with E-state index in [2.05, 4.69) is 181 Å². The summed E-state index contributed by atoms with van der Waals surface area (Å²) in [6.45, 7) is 0. The topological polar surface area (TPSA) is 3.24 Å². The quantitative estimate of drug-likeness (QED) is 0.189. The number of rotatable bonds is 5. The molecular formula is C44H29NS. The maximum absolute atomic E-state index is 2.39. The summed E-state index contributed by atoms with van der Waals surface area (Å²) in [6.07, 6.45) is 0. The third-order valence-electron chi connectivity index (χ3n) is 9.00. The van der Waals surface area contributed by atoms with Gasteiger partial charge in [-0.2, -0.15) is 0 Å². The molecule has 0 atom stereocenters. The van der Waals surface area contributed by atoms with E-state index in [-0.39, 0.29) is 0 Å². The van der Waals surface area contributed by atoms with Crippen LogP contribution < -0.4 is 4.90 Å². The van der Waals surface area contributed by atoms with Gasteiger partial charge in [0, 0.05) is 37.2 Å². The Balaban J connectivity index is 1.22. The maximum Gasteiger partial charge on any atom is 0.0468 e. The van der Waals surface area contributed by atoms with Crippen molar-refractivity contribution in [2.75, 3.05) is 4.90 Å². The van der Waals surface area contributed by atoms with Crippen LogP contribution in [-0.4, -0.2) is 0 Å². The van der Waals surface area contributed by atoms with Crippen molar-refractivity contribution in [3.8, 4) is 22.3 Å². The van der Waals surface area contributed by atoms with Crippen molar-refractivity contribution >= 4 is 70.1 Å². The summed E-state index contributed by atoms with van der Waals surface area (Å²) < 4.78 is 2.65. The van der Waals surface area contributed by atoms with Gasteiger partial charge in [-0.05, 0) is 92.3 Å². The molecular weight excluding hydrogens is 575 g/mol. The summed E-state index contributed by atoms with van der Waals surface area (Å²) in [7, 11) is 0. The Hall–Kier alpha value is -5.70. The van der Waals surface area contributed by atoms with Crippen LogP contribution in [0.5, 0.6) is 0 Å². The highest BCUT2D eigenvalue weighted by atomic mass is 32.1. The molecule has 0 radical (unpaired) electrons. The molecule has 8 aromatic carbocycles. The number of anilines is 3. The first kappa shape index (κ1) is 26.7. The number of benzene rings is 8. The van der Waals surface area contributed by atoms with Crippen LogP contribution in [-0.2, 0) is 0 Å². The van der Waals surface area contributed by atoms with E-state index in [0.717, 1.165) is 17.1 Å². The molecule has 0 aliphatic heterocycles. The number of thiophene rings is 1. The summed E-state index contributed by atoms with van der Waals surface area (Å²) in [6, 6.07) is 64.0. The summed E-state index contributed by atoms with van der Waals surface area (Å²) in [4.78, 5) is 2.39. The van der Waals surface area contributed by atoms with Gasteiger partial charge in [-0.25, -0.2) is 0 Å². The Kier molecular flexibility index (Phi) is 6.40. The van der Waals surface area contributed by atoms with Gasteiger partial charge < -0.3 is 4.90 Å². The molecule has 216 valence electrons. The summed E-state index contributed by atoms with van der Waals surface area (Å²) in [5.41, 5.74) is 8.27. The smallest absolute Gasteiger partial charge is 0.0468 e. The van der Waals surface area contributed by atoms with Crippen LogP contribution in [0.4, 0.5) is 17.1 Å². The fourth-order valence-corrected chi connectivity index (χ4v) is 7.98. The highest BCUT2D eigenvalue weighted by Crippen LogP contribution is 2.43. The molecule has 0 bridgehead atoms. The van der Waals surface area contributed by atoms with Crippen molar-refractivity contribution in [3.63, 3.8) is 0 Å². The molecule has 0 aliphatic rings. The van der Waals surface area contributed by atoms with E-state index in [1.54, 1.807) is 0 Å². The summed E-state index contributed by atoms with van der Waals surface area (Å²) >= 11 is 1.88. The fourth-order valence-electron chi connectivity index (χ4n) is 6.74. The van der Waals surface area contributed by atoms with E-state index in [9.17, 15) is 0 Å². The molecule has 46 heavy (non-hydrogen) atoms. The molecule has 0 aliphatic carbocycles. The Bertz CT molecular complexity index is 2560. The van der Waals surface area contributed by atoms with Crippen molar-refractivity contribution in [1.29, 1.82) is 0 Å². The Morgan fingerprint density at radius 1 is 0.348 bits per heavy atom. The predicted octanol–water partition coefficient (Wildman–Crippen LogP) is 13.2. The van der Waals surface area contributed by atoms with Gasteiger partial charge in [0.15, 0.2) is 0 Å². The number of hydrogen-bond donors (Lipinski definition) is 0. The SMILES string of the molecule is c1cc(-c2ccc3ccccc3c2)cc(N(c2cccc(-c3cccc4c3sc3ccccc34)c2)c2ccc3ccccc3c2)c1. The monoisotopic (exact) mass is 603 g/mol. The minimum Gasteiger partial charge on any atom is -0.310 e. The summed E-state index contributed by atoms with van der Waals surface area (Å²) in [5.74, 6) is 0. The van der Waals surface area contributed by atoms with Crippen LogP contribution in [0.1, 0.15) is 0 Å². The van der Waals surface area contributed by atoms with Crippen LogP contribution >= 0.6 is 11.3 Å². The van der Waals surface area contributed by atoms with Crippen LogP contribution in [0.25, 0.3) is 64.0 Å². The largest absolute Gasteiger partial charge is 0.310 e. The van der Waals surface area contributed by atoms with Crippen molar-refractivity contribution in [2.45, 2.75) is 0 Å².